The van der Waals surface area contributed by atoms with Crippen molar-refractivity contribution in [2.24, 2.45) is 0 Å². The van der Waals surface area contributed by atoms with E-state index in [4.69, 9.17) is 16.3 Å². The predicted molar refractivity (Wildman–Crippen MR) is 91.3 cm³/mol. The van der Waals surface area contributed by atoms with E-state index in [1.165, 1.54) is 10.4 Å². The lowest BCUT2D eigenvalue weighted by Crippen LogP contribution is -2.38. The van der Waals surface area contributed by atoms with E-state index in [0.29, 0.717) is 0 Å². The first-order chi connectivity index (χ1) is 10.2. The maximum atomic E-state index is 6.05. The summed E-state index contributed by atoms with van der Waals surface area (Å²) < 4.78 is 6.62. The third kappa shape index (κ3) is 4.82. The fourth-order valence-electron chi connectivity index (χ4n) is 2.47. The summed E-state index contributed by atoms with van der Waals surface area (Å²) in [7, 11) is 1.78. The Kier molecular flexibility index (Phi) is 6.71. The van der Waals surface area contributed by atoms with Gasteiger partial charge in [-0.15, -0.1) is 11.3 Å². The summed E-state index contributed by atoms with van der Waals surface area (Å²) in [6.07, 6.45) is 2.07. The Bertz CT molecular complexity index is 529. The first kappa shape index (κ1) is 16.5. The molecule has 1 heterocycles. The third-order valence-electron chi connectivity index (χ3n) is 3.45. The number of rotatable bonds is 8. The van der Waals surface area contributed by atoms with Crippen LogP contribution < -0.4 is 5.32 Å². The van der Waals surface area contributed by atoms with E-state index in [0.717, 1.165) is 23.7 Å². The van der Waals surface area contributed by atoms with Crippen LogP contribution in [0.25, 0.3) is 0 Å². The van der Waals surface area contributed by atoms with Crippen molar-refractivity contribution in [3.63, 3.8) is 0 Å². The zero-order valence-corrected chi connectivity index (χ0v) is 14.1. The van der Waals surface area contributed by atoms with Crippen LogP contribution in [0.2, 0.25) is 4.34 Å². The molecule has 2 nitrogen and oxygen atoms in total. The van der Waals surface area contributed by atoms with Crippen LogP contribution in [-0.4, -0.2) is 19.7 Å². The molecule has 0 aliphatic rings. The fraction of sp³-hybridized carbons (Fsp3) is 0.412. The van der Waals surface area contributed by atoms with Gasteiger partial charge in [-0.25, -0.2) is 0 Å². The van der Waals surface area contributed by atoms with Gasteiger partial charge in [0, 0.05) is 18.0 Å². The van der Waals surface area contributed by atoms with Crippen molar-refractivity contribution in [3.8, 4) is 0 Å². The number of hydrogen-bond donors (Lipinski definition) is 1. The second-order valence-corrected chi connectivity index (χ2v) is 6.84. The molecule has 21 heavy (non-hydrogen) atoms. The Morgan fingerprint density at radius 3 is 2.52 bits per heavy atom. The third-order valence-corrected chi connectivity index (χ3v) is 4.71. The summed E-state index contributed by atoms with van der Waals surface area (Å²) in [5.41, 5.74) is 1.20. The van der Waals surface area contributed by atoms with E-state index in [-0.39, 0.29) is 12.1 Å². The highest BCUT2D eigenvalue weighted by atomic mass is 35.5. The van der Waals surface area contributed by atoms with Crippen molar-refractivity contribution >= 4 is 22.9 Å². The average molecular weight is 324 g/mol. The van der Waals surface area contributed by atoms with Gasteiger partial charge in [-0.05, 0) is 37.1 Å². The summed E-state index contributed by atoms with van der Waals surface area (Å²) in [5, 5.41) is 3.62. The molecular weight excluding hydrogens is 302 g/mol. The van der Waals surface area contributed by atoms with Crippen LogP contribution in [0.1, 0.15) is 29.9 Å². The van der Waals surface area contributed by atoms with Crippen molar-refractivity contribution in [2.45, 2.75) is 31.9 Å². The second-order valence-electron chi connectivity index (χ2n) is 5.04. The van der Waals surface area contributed by atoms with E-state index < -0.39 is 0 Å². The van der Waals surface area contributed by atoms with Gasteiger partial charge in [0.05, 0.1) is 10.4 Å². The molecule has 2 rings (SSSR count). The van der Waals surface area contributed by atoms with Crippen LogP contribution in [0, 0.1) is 0 Å². The van der Waals surface area contributed by atoms with Crippen molar-refractivity contribution in [2.75, 3.05) is 13.7 Å². The molecule has 2 unspecified atom stereocenters. The maximum absolute atomic E-state index is 6.05. The molecule has 0 bridgehead atoms. The minimum Gasteiger partial charge on any atom is -0.375 e. The second kappa shape index (κ2) is 8.54. The first-order valence-corrected chi connectivity index (χ1v) is 8.49. The van der Waals surface area contributed by atoms with Gasteiger partial charge in [0.15, 0.2) is 0 Å². The summed E-state index contributed by atoms with van der Waals surface area (Å²) >= 11 is 7.69. The van der Waals surface area contributed by atoms with Gasteiger partial charge < -0.3 is 10.1 Å². The summed E-state index contributed by atoms with van der Waals surface area (Å²) in [4.78, 5) is 1.28. The highest BCUT2D eigenvalue weighted by Gasteiger charge is 2.23. The Balaban J connectivity index is 2.16. The molecule has 0 spiro atoms. The predicted octanol–water partition coefficient (Wildman–Crippen LogP) is 4.70. The average Bonchev–Trinajstić information content (AvgIpc) is 2.91. The van der Waals surface area contributed by atoms with E-state index in [1.807, 2.05) is 12.1 Å². The van der Waals surface area contributed by atoms with Gasteiger partial charge in [0.2, 0.25) is 0 Å². The monoisotopic (exact) mass is 323 g/mol. The maximum Gasteiger partial charge on any atom is 0.0977 e. The summed E-state index contributed by atoms with van der Waals surface area (Å²) in [6.45, 7) is 3.16. The molecular formula is C17H22ClNOS. The largest absolute Gasteiger partial charge is 0.375 e. The number of nitrogens with one attached hydrogen (secondary N) is 1. The summed E-state index contributed by atoms with van der Waals surface area (Å²) in [6, 6.07) is 14.7. The van der Waals surface area contributed by atoms with Crippen LogP contribution in [0.4, 0.5) is 0 Å². The molecule has 4 heteroatoms. The lowest BCUT2D eigenvalue weighted by molar-refractivity contribution is 0.0681. The van der Waals surface area contributed by atoms with Crippen molar-refractivity contribution in [1.29, 1.82) is 0 Å². The van der Waals surface area contributed by atoms with Crippen LogP contribution in [0.5, 0.6) is 0 Å². The zero-order chi connectivity index (χ0) is 15.1. The first-order valence-electron chi connectivity index (χ1n) is 7.30. The molecule has 2 aromatic rings. The summed E-state index contributed by atoms with van der Waals surface area (Å²) in [5.74, 6) is 0. The molecule has 2 atom stereocenters. The fourth-order valence-corrected chi connectivity index (χ4v) is 3.62. The molecule has 0 saturated carbocycles. The van der Waals surface area contributed by atoms with E-state index >= 15 is 0 Å². The van der Waals surface area contributed by atoms with Crippen molar-refractivity contribution in [1.82, 2.24) is 5.32 Å². The van der Waals surface area contributed by atoms with Gasteiger partial charge in [-0.1, -0.05) is 48.9 Å². The molecule has 1 aromatic carbocycles. The SMILES string of the molecule is CCCNC(Cc1ccc(Cl)s1)C(OC)c1ccccc1. The highest BCUT2D eigenvalue weighted by Crippen LogP contribution is 2.27. The van der Waals surface area contributed by atoms with E-state index in [9.17, 15) is 0 Å². The smallest absolute Gasteiger partial charge is 0.0977 e. The van der Waals surface area contributed by atoms with Crippen LogP contribution in [-0.2, 0) is 11.2 Å². The van der Waals surface area contributed by atoms with E-state index in [2.05, 4.69) is 42.6 Å². The van der Waals surface area contributed by atoms with Crippen molar-refractivity contribution < 1.29 is 4.74 Å². The van der Waals surface area contributed by atoms with Crippen LogP contribution in [0.15, 0.2) is 42.5 Å². The van der Waals surface area contributed by atoms with Crippen molar-refractivity contribution in [3.05, 3.63) is 57.2 Å². The number of benzene rings is 1. The topological polar surface area (TPSA) is 21.3 Å². The molecule has 0 radical (unpaired) electrons. The number of hydrogen-bond acceptors (Lipinski definition) is 3. The van der Waals surface area contributed by atoms with Gasteiger partial charge in [0.1, 0.15) is 0 Å². The van der Waals surface area contributed by atoms with E-state index in [1.54, 1.807) is 18.4 Å². The Labute approximate surface area is 136 Å². The van der Waals surface area contributed by atoms with Crippen LogP contribution >= 0.6 is 22.9 Å². The lowest BCUT2D eigenvalue weighted by atomic mass is 9.98. The molecule has 0 aliphatic carbocycles. The van der Waals surface area contributed by atoms with Gasteiger partial charge in [0.25, 0.3) is 0 Å². The molecule has 0 fully saturated rings. The zero-order valence-electron chi connectivity index (χ0n) is 12.5. The molecule has 1 aromatic heterocycles. The number of ether oxygens (including phenoxy) is 1. The molecule has 0 aliphatic heterocycles. The normalized spacial score (nSPS) is 14.0. The Hall–Kier alpha value is -0.870. The number of methoxy groups -OCH3 is 1. The van der Waals surface area contributed by atoms with Gasteiger partial charge >= 0.3 is 0 Å². The molecule has 1 N–H and O–H groups in total. The number of halogens is 1. The number of thiophene rings is 1. The minimum absolute atomic E-state index is 0.0404. The standard InChI is InChI=1S/C17H22ClNOS/c1-3-11-19-15(12-14-9-10-16(18)21-14)17(20-2)13-7-5-4-6-8-13/h4-10,15,17,19H,3,11-12H2,1-2H3. The molecule has 0 saturated heterocycles. The Morgan fingerprint density at radius 1 is 1.19 bits per heavy atom. The Morgan fingerprint density at radius 2 is 1.95 bits per heavy atom. The highest BCUT2D eigenvalue weighted by molar-refractivity contribution is 7.16. The minimum atomic E-state index is 0.0404. The van der Waals surface area contributed by atoms with Gasteiger partial charge in [-0.2, -0.15) is 0 Å². The quantitative estimate of drug-likeness (QED) is 0.760. The molecule has 0 amide bonds. The van der Waals surface area contributed by atoms with Gasteiger partial charge in [-0.3, -0.25) is 0 Å². The molecule has 114 valence electrons. The lowest BCUT2D eigenvalue weighted by Gasteiger charge is -2.27. The van der Waals surface area contributed by atoms with Crippen LogP contribution in [0.3, 0.4) is 0 Å².